The van der Waals surface area contributed by atoms with Crippen LogP contribution in [0.5, 0.6) is 5.75 Å². The molecule has 130 valence electrons. The highest BCUT2D eigenvalue weighted by molar-refractivity contribution is 7.17. The second-order valence-electron chi connectivity index (χ2n) is 6.34. The summed E-state index contributed by atoms with van der Waals surface area (Å²) in [5.74, 6) is 1.06. The summed E-state index contributed by atoms with van der Waals surface area (Å²) in [6.45, 7) is 2.66. The highest BCUT2D eigenvalue weighted by Crippen LogP contribution is 2.42. The van der Waals surface area contributed by atoms with Crippen LogP contribution in [-0.4, -0.2) is 36.3 Å². The molecule has 0 spiro atoms. The van der Waals surface area contributed by atoms with Gasteiger partial charge in [0.25, 0.3) is 5.91 Å². The Kier molecular flexibility index (Phi) is 4.44. The Balaban J connectivity index is 1.36. The molecule has 0 unspecified atom stereocenters. The molecule has 2 aliphatic heterocycles. The zero-order valence-electron chi connectivity index (χ0n) is 13.9. The van der Waals surface area contributed by atoms with Crippen LogP contribution in [0.2, 0.25) is 0 Å². The number of para-hydroxylation sites is 1. The SMILES string of the molecule is O=C(NCCCN1CCCC1=O)c1cc2c(s1)-c1ccccc1OC2. The predicted octanol–water partition coefficient (Wildman–Crippen LogP) is 3.05. The molecule has 6 heteroatoms. The molecule has 0 bridgehead atoms. The van der Waals surface area contributed by atoms with Crippen LogP contribution in [-0.2, 0) is 11.4 Å². The molecule has 0 atom stereocenters. The standard InChI is InChI=1S/C19H20N2O3S/c22-17-7-3-9-21(17)10-4-8-20-19(23)16-11-13-12-24-15-6-2-1-5-14(15)18(13)25-16/h1-2,5-6,11H,3-4,7-10,12H2,(H,20,23). The molecular formula is C19H20N2O3S. The van der Waals surface area contributed by atoms with E-state index in [0.717, 1.165) is 47.7 Å². The van der Waals surface area contributed by atoms with E-state index >= 15 is 0 Å². The highest BCUT2D eigenvalue weighted by atomic mass is 32.1. The lowest BCUT2D eigenvalue weighted by molar-refractivity contribution is -0.127. The van der Waals surface area contributed by atoms with Gasteiger partial charge in [-0.05, 0) is 31.0 Å². The van der Waals surface area contributed by atoms with Gasteiger partial charge in [-0.25, -0.2) is 0 Å². The van der Waals surface area contributed by atoms with Crippen LogP contribution in [0, 0.1) is 0 Å². The van der Waals surface area contributed by atoms with Gasteiger partial charge in [0.15, 0.2) is 0 Å². The minimum atomic E-state index is -0.0513. The second-order valence-corrected chi connectivity index (χ2v) is 7.40. The first kappa shape index (κ1) is 16.1. The Morgan fingerprint density at radius 2 is 2.20 bits per heavy atom. The Labute approximate surface area is 150 Å². The van der Waals surface area contributed by atoms with Gasteiger partial charge in [0.2, 0.25) is 5.91 Å². The quantitative estimate of drug-likeness (QED) is 0.838. The van der Waals surface area contributed by atoms with E-state index < -0.39 is 0 Å². The number of benzene rings is 1. The highest BCUT2D eigenvalue weighted by Gasteiger charge is 2.22. The first-order valence-corrected chi connectivity index (χ1v) is 9.45. The van der Waals surface area contributed by atoms with E-state index in [4.69, 9.17) is 4.74 Å². The number of hydrogen-bond acceptors (Lipinski definition) is 4. The summed E-state index contributed by atoms with van der Waals surface area (Å²) in [6.07, 6.45) is 2.40. The van der Waals surface area contributed by atoms with Crippen LogP contribution in [0.4, 0.5) is 0 Å². The maximum atomic E-state index is 12.4. The summed E-state index contributed by atoms with van der Waals surface area (Å²) in [7, 11) is 0. The van der Waals surface area contributed by atoms with Gasteiger partial charge in [-0.2, -0.15) is 0 Å². The molecule has 5 nitrogen and oxygen atoms in total. The van der Waals surface area contributed by atoms with Crippen molar-refractivity contribution in [1.82, 2.24) is 10.2 Å². The van der Waals surface area contributed by atoms with Gasteiger partial charge < -0.3 is 15.0 Å². The number of rotatable bonds is 5. The van der Waals surface area contributed by atoms with Crippen molar-refractivity contribution in [1.29, 1.82) is 0 Å². The molecule has 25 heavy (non-hydrogen) atoms. The summed E-state index contributed by atoms with van der Waals surface area (Å²) in [5, 5.41) is 2.96. The number of thiophene rings is 1. The Hall–Kier alpha value is -2.34. The van der Waals surface area contributed by atoms with Gasteiger partial charge in [0, 0.05) is 42.1 Å². The number of nitrogens with zero attached hydrogens (tertiary/aromatic N) is 1. The zero-order chi connectivity index (χ0) is 17.2. The summed E-state index contributed by atoms with van der Waals surface area (Å²) in [4.78, 5) is 27.7. The van der Waals surface area contributed by atoms with Crippen molar-refractivity contribution in [3.8, 4) is 16.2 Å². The fourth-order valence-electron chi connectivity index (χ4n) is 3.31. The first-order chi connectivity index (χ1) is 12.2. The molecule has 1 aromatic heterocycles. The van der Waals surface area contributed by atoms with Gasteiger partial charge in [-0.3, -0.25) is 9.59 Å². The third-order valence-corrected chi connectivity index (χ3v) is 5.82. The molecule has 1 aromatic carbocycles. The molecule has 1 saturated heterocycles. The molecule has 1 N–H and O–H groups in total. The van der Waals surface area contributed by atoms with Gasteiger partial charge in [-0.1, -0.05) is 12.1 Å². The lowest BCUT2D eigenvalue weighted by atomic mass is 10.1. The maximum Gasteiger partial charge on any atom is 0.261 e. The summed E-state index contributed by atoms with van der Waals surface area (Å²) in [5.41, 5.74) is 2.12. The molecule has 3 heterocycles. The van der Waals surface area contributed by atoms with E-state index in [-0.39, 0.29) is 11.8 Å². The number of hydrogen-bond donors (Lipinski definition) is 1. The molecule has 1 fully saturated rings. The van der Waals surface area contributed by atoms with Crippen LogP contribution >= 0.6 is 11.3 Å². The van der Waals surface area contributed by atoms with E-state index in [0.29, 0.717) is 24.4 Å². The van der Waals surface area contributed by atoms with Crippen LogP contribution < -0.4 is 10.1 Å². The van der Waals surface area contributed by atoms with Crippen molar-refractivity contribution >= 4 is 23.2 Å². The van der Waals surface area contributed by atoms with E-state index in [2.05, 4.69) is 5.32 Å². The number of carbonyl (C=O) groups excluding carboxylic acids is 2. The molecule has 0 aliphatic carbocycles. The Morgan fingerprint density at radius 1 is 1.32 bits per heavy atom. The molecule has 4 rings (SSSR count). The van der Waals surface area contributed by atoms with Crippen molar-refractivity contribution < 1.29 is 14.3 Å². The number of ether oxygens (including phenoxy) is 1. The molecule has 0 radical (unpaired) electrons. The van der Waals surface area contributed by atoms with Crippen LogP contribution in [0.15, 0.2) is 30.3 Å². The van der Waals surface area contributed by atoms with Gasteiger partial charge in [0.05, 0.1) is 4.88 Å². The summed E-state index contributed by atoms with van der Waals surface area (Å²) < 4.78 is 5.75. The van der Waals surface area contributed by atoms with Crippen molar-refractivity contribution in [2.45, 2.75) is 25.9 Å². The number of likely N-dealkylation sites (tertiary alicyclic amines) is 1. The molecule has 2 amide bonds. The predicted molar refractivity (Wildman–Crippen MR) is 96.9 cm³/mol. The summed E-state index contributed by atoms with van der Waals surface area (Å²) in [6, 6.07) is 9.85. The molecule has 2 aliphatic rings. The van der Waals surface area contributed by atoms with E-state index in [9.17, 15) is 9.59 Å². The summed E-state index contributed by atoms with van der Waals surface area (Å²) >= 11 is 1.51. The Morgan fingerprint density at radius 3 is 3.04 bits per heavy atom. The average Bonchev–Trinajstić information content (AvgIpc) is 3.25. The first-order valence-electron chi connectivity index (χ1n) is 8.63. The normalized spacial score (nSPS) is 15.5. The van der Waals surface area contributed by atoms with Crippen molar-refractivity contribution in [3.63, 3.8) is 0 Å². The van der Waals surface area contributed by atoms with Crippen LogP contribution in [0.1, 0.15) is 34.5 Å². The smallest absolute Gasteiger partial charge is 0.261 e. The molecule has 2 aromatic rings. The number of nitrogens with one attached hydrogen (secondary N) is 1. The number of fused-ring (bicyclic) bond motifs is 3. The van der Waals surface area contributed by atoms with Crippen LogP contribution in [0.25, 0.3) is 10.4 Å². The minimum Gasteiger partial charge on any atom is -0.488 e. The maximum absolute atomic E-state index is 12.4. The average molecular weight is 356 g/mol. The number of carbonyl (C=O) groups is 2. The van der Waals surface area contributed by atoms with Gasteiger partial charge >= 0.3 is 0 Å². The van der Waals surface area contributed by atoms with E-state index in [1.807, 2.05) is 35.2 Å². The largest absolute Gasteiger partial charge is 0.488 e. The van der Waals surface area contributed by atoms with E-state index in [1.165, 1.54) is 11.3 Å². The van der Waals surface area contributed by atoms with Gasteiger partial charge in [-0.15, -0.1) is 11.3 Å². The monoisotopic (exact) mass is 356 g/mol. The lowest BCUT2D eigenvalue weighted by Gasteiger charge is -2.16. The van der Waals surface area contributed by atoms with Crippen molar-refractivity contribution in [2.75, 3.05) is 19.6 Å². The molecule has 0 saturated carbocycles. The third-order valence-electron chi connectivity index (χ3n) is 4.61. The van der Waals surface area contributed by atoms with E-state index in [1.54, 1.807) is 0 Å². The van der Waals surface area contributed by atoms with Crippen molar-refractivity contribution in [3.05, 3.63) is 40.8 Å². The minimum absolute atomic E-state index is 0.0513. The topological polar surface area (TPSA) is 58.6 Å². The lowest BCUT2D eigenvalue weighted by Crippen LogP contribution is -2.30. The second kappa shape index (κ2) is 6.88. The van der Waals surface area contributed by atoms with Crippen LogP contribution in [0.3, 0.4) is 0 Å². The van der Waals surface area contributed by atoms with Gasteiger partial charge in [0.1, 0.15) is 12.4 Å². The molecular weight excluding hydrogens is 336 g/mol. The zero-order valence-corrected chi connectivity index (χ0v) is 14.7. The fourth-order valence-corrected chi connectivity index (χ4v) is 4.42. The van der Waals surface area contributed by atoms with Crippen molar-refractivity contribution in [2.24, 2.45) is 0 Å². The number of amides is 2. The fraction of sp³-hybridized carbons (Fsp3) is 0.368. The third kappa shape index (κ3) is 3.26. The Bertz CT molecular complexity index is 815.